The lowest BCUT2D eigenvalue weighted by atomic mass is 9.80. The Hall–Kier alpha value is -2.75. The molecule has 0 aromatic heterocycles. The van der Waals surface area contributed by atoms with Crippen LogP contribution in [0.3, 0.4) is 0 Å². The first-order valence-corrected chi connectivity index (χ1v) is 15.5. The Morgan fingerprint density at radius 1 is 0.744 bits per heavy atom. The van der Waals surface area contributed by atoms with E-state index in [9.17, 15) is 4.79 Å². The third kappa shape index (κ3) is 12.3. The summed E-state index contributed by atoms with van der Waals surface area (Å²) in [4.78, 5) is 12.6. The highest BCUT2D eigenvalue weighted by Gasteiger charge is 2.21. The number of allylic oxidation sites excluding steroid dienone is 1. The predicted molar refractivity (Wildman–Crippen MR) is 161 cm³/mol. The van der Waals surface area contributed by atoms with E-state index in [-0.39, 0.29) is 5.97 Å². The molecular formula is C35H50O4. The van der Waals surface area contributed by atoms with E-state index in [2.05, 4.69) is 13.5 Å². The minimum Gasteiger partial charge on any atom is -0.494 e. The highest BCUT2D eigenvalue weighted by atomic mass is 16.5. The Morgan fingerprint density at radius 2 is 1.33 bits per heavy atom. The maximum Gasteiger partial charge on any atom is 0.343 e. The van der Waals surface area contributed by atoms with Crippen molar-refractivity contribution in [3.63, 3.8) is 0 Å². The van der Waals surface area contributed by atoms with Gasteiger partial charge in [0.25, 0.3) is 0 Å². The molecule has 2 aromatic carbocycles. The molecular weight excluding hydrogens is 484 g/mol. The molecule has 39 heavy (non-hydrogen) atoms. The minimum absolute atomic E-state index is 0.373. The van der Waals surface area contributed by atoms with Crippen LogP contribution in [0.15, 0.2) is 61.2 Å². The Bertz CT molecular complexity index is 926. The van der Waals surface area contributed by atoms with Crippen LogP contribution in [0.2, 0.25) is 0 Å². The Kier molecular flexibility index (Phi) is 14.6. The van der Waals surface area contributed by atoms with Gasteiger partial charge in [0.2, 0.25) is 0 Å². The molecule has 0 amide bonds. The van der Waals surface area contributed by atoms with Crippen molar-refractivity contribution in [2.24, 2.45) is 11.8 Å². The van der Waals surface area contributed by atoms with Crippen LogP contribution in [0.4, 0.5) is 0 Å². The number of benzene rings is 2. The van der Waals surface area contributed by atoms with Gasteiger partial charge in [-0.1, -0.05) is 77.2 Å². The number of carbonyl (C=O) groups is 1. The highest BCUT2D eigenvalue weighted by Crippen LogP contribution is 2.32. The summed E-state index contributed by atoms with van der Waals surface area (Å²) in [6.07, 6.45) is 21.1. The molecule has 0 heterocycles. The van der Waals surface area contributed by atoms with Crippen LogP contribution < -0.4 is 14.2 Å². The zero-order valence-electron chi connectivity index (χ0n) is 24.2. The van der Waals surface area contributed by atoms with Crippen molar-refractivity contribution < 1.29 is 19.0 Å². The first kappa shape index (κ1) is 30.8. The van der Waals surface area contributed by atoms with Crippen molar-refractivity contribution in [1.82, 2.24) is 0 Å². The zero-order chi connectivity index (χ0) is 27.5. The largest absolute Gasteiger partial charge is 0.494 e. The van der Waals surface area contributed by atoms with Crippen LogP contribution in [0, 0.1) is 11.8 Å². The monoisotopic (exact) mass is 534 g/mol. The molecule has 3 rings (SSSR count). The molecule has 2 aromatic rings. The molecule has 0 atom stereocenters. The fourth-order valence-corrected chi connectivity index (χ4v) is 5.33. The van der Waals surface area contributed by atoms with Gasteiger partial charge in [0.05, 0.1) is 18.8 Å². The van der Waals surface area contributed by atoms with Gasteiger partial charge in [-0.15, -0.1) is 6.58 Å². The van der Waals surface area contributed by atoms with Crippen LogP contribution in [0.5, 0.6) is 17.2 Å². The summed E-state index contributed by atoms with van der Waals surface area (Å²) < 4.78 is 17.4. The van der Waals surface area contributed by atoms with Crippen molar-refractivity contribution >= 4 is 5.97 Å². The average molecular weight is 535 g/mol. The van der Waals surface area contributed by atoms with Gasteiger partial charge >= 0.3 is 5.97 Å². The molecule has 0 radical (unpaired) electrons. The van der Waals surface area contributed by atoms with Crippen LogP contribution >= 0.6 is 0 Å². The number of carbonyl (C=O) groups excluding carboxylic acids is 1. The second kappa shape index (κ2) is 18.5. The SMILES string of the molecule is C=CCCCCCCCCOc1ccc(C(=O)Oc2ccc(OC[C@H]3CC[C@H](CCCCC)CC3)cc2)cc1. The van der Waals surface area contributed by atoms with Crippen LogP contribution in [0.25, 0.3) is 0 Å². The summed E-state index contributed by atoms with van der Waals surface area (Å²) in [5.41, 5.74) is 0.507. The summed E-state index contributed by atoms with van der Waals surface area (Å²) in [6.45, 7) is 7.51. The van der Waals surface area contributed by atoms with E-state index in [1.807, 2.05) is 30.3 Å². The Balaban J connectivity index is 1.30. The summed E-state index contributed by atoms with van der Waals surface area (Å²) in [5.74, 6) is 3.32. The number of hydrogen-bond acceptors (Lipinski definition) is 4. The van der Waals surface area contributed by atoms with E-state index < -0.39 is 0 Å². The van der Waals surface area contributed by atoms with Gasteiger partial charge in [-0.3, -0.25) is 0 Å². The van der Waals surface area contributed by atoms with Crippen molar-refractivity contribution in [1.29, 1.82) is 0 Å². The lowest BCUT2D eigenvalue weighted by Crippen LogP contribution is -2.20. The third-order valence-corrected chi connectivity index (χ3v) is 7.86. The van der Waals surface area contributed by atoms with Crippen LogP contribution in [-0.4, -0.2) is 19.2 Å². The molecule has 0 aliphatic heterocycles. The molecule has 0 unspecified atom stereocenters. The zero-order valence-corrected chi connectivity index (χ0v) is 24.2. The van der Waals surface area contributed by atoms with Gasteiger partial charge in [-0.25, -0.2) is 4.79 Å². The second-order valence-corrected chi connectivity index (χ2v) is 11.1. The Labute approximate surface area is 237 Å². The number of unbranched alkanes of at least 4 members (excludes halogenated alkanes) is 8. The van der Waals surface area contributed by atoms with Crippen molar-refractivity contribution in [3.8, 4) is 17.2 Å². The first-order chi connectivity index (χ1) is 19.2. The van der Waals surface area contributed by atoms with E-state index in [1.165, 1.54) is 83.5 Å². The highest BCUT2D eigenvalue weighted by molar-refractivity contribution is 5.91. The number of rotatable bonds is 19. The molecule has 0 saturated heterocycles. The van der Waals surface area contributed by atoms with Gasteiger partial charge in [0, 0.05) is 0 Å². The van der Waals surface area contributed by atoms with E-state index in [1.54, 1.807) is 24.3 Å². The molecule has 1 aliphatic carbocycles. The summed E-state index contributed by atoms with van der Waals surface area (Å²) in [6, 6.07) is 14.6. The van der Waals surface area contributed by atoms with E-state index >= 15 is 0 Å². The fraction of sp³-hybridized carbons (Fsp3) is 0.571. The molecule has 1 aliphatic rings. The number of esters is 1. The molecule has 1 saturated carbocycles. The number of hydrogen-bond donors (Lipinski definition) is 0. The van der Waals surface area contributed by atoms with Crippen LogP contribution in [-0.2, 0) is 0 Å². The van der Waals surface area contributed by atoms with Gasteiger partial charge in [-0.2, -0.15) is 0 Å². The molecule has 0 N–H and O–H groups in total. The lowest BCUT2D eigenvalue weighted by Gasteiger charge is -2.28. The molecule has 4 nitrogen and oxygen atoms in total. The molecule has 4 heteroatoms. The predicted octanol–water partition coefficient (Wildman–Crippen LogP) is 9.97. The van der Waals surface area contributed by atoms with Crippen molar-refractivity contribution in [3.05, 3.63) is 66.7 Å². The maximum absolute atomic E-state index is 12.6. The summed E-state index contributed by atoms with van der Waals surface area (Å²) >= 11 is 0. The number of ether oxygens (including phenoxy) is 3. The topological polar surface area (TPSA) is 44.8 Å². The molecule has 0 bridgehead atoms. The van der Waals surface area contributed by atoms with E-state index in [0.717, 1.165) is 36.9 Å². The fourth-order valence-electron chi connectivity index (χ4n) is 5.33. The summed E-state index contributed by atoms with van der Waals surface area (Å²) in [5, 5.41) is 0. The van der Waals surface area contributed by atoms with Gasteiger partial charge in [0.15, 0.2) is 0 Å². The second-order valence-electron chi connectivity index (χ2n) is 11.1. The van der Waals surface area contributed by atoms with Crippen molar-refractivity contribution in [2.75, 3.05) is 13.2 Å². The smallest absolute Gasteiger partial charge is 0.343 e. The minimum atomic E-state index is -0.373. The van der Waals surface area contributed by atoms with Gasteiger partial charge < -0.3 is 14.2 Å². The standard InChI is InChI=1S/C35H50O4/c1-3-5-7-8-9-10-11-13-27-37-32-21-19-31(20-22-32)35(36)39-34-25-23-33(24-26-34)38-28-30-17-15-29(16-18-30)14-12-6-4-2/h3,19-26,29-30H,1,4-18,27-28H2,2H3/t29-,30-. The van der Waals surface area contributed by atoms with E-state index in [4.69, 9.17) is 14.2 Å². The van der Waals surface area contributed by atoms with Gasteiger partial charge in [-0.05, 0) is 92.5 Å². The lowest BCUT2D eigenvalue weighted by molar-refractivity contribution is 0.0734. The quantitative estimate of drug-likeness (QED) is 0.0778. The normalized spacial score (nSPS) is 16.9. The van der Waals surface area contributed by atoms with Crippen LogP contribution in [0.1, 0.15) is 114 Å². The Morgan fingerprint density at radius 3 is 2.03 bits per heavy atom. The molecule has 1 fully saturated rings. The van der Waals surface area contributed by atoms with E-state index in [0.29, 0.717) is 23.8 Å². The summed E-state index contributed by atoms with van der Waals surface area (Å²) in [7, 11) is 0. The molecule has 214 valence electrons. The third-order valence-electron chi connectivity index (χ3n) is 7.86. The molecule has 0 spiro atoms. The van der Waals surface area contributed by atoms with Crippen molar-refractivity contribution in [2.45, 2.75) is 103 Å². The van der Waals surface area contributed by atoms with Gasteiger partial charge in [0.1, 0.15) is 17.2 Å². The first-order valence-electron chi connectivity index (χ1n) is 15.5. The average Bonchev–Trinajstić information content (AvgIpc) is 2.97. The maximum atomic E-state index is 12.6.